The fourth-order valence-corrected chi connectivity index (χ4v) is 1.82. The van der Waals surface area contributed by atoms with Crippen LogP contribution in [0.25, 0.3) is 0 Å². The Morgan fingerprint density at radius 1 is 1.32 bits per heavy atom. The SMILES string of the molecule is CSCCCCNC(=O)N[C@H](CCC(N)=O)C(=O)O. The number of unbranched alkanes of at least 4 members (excludes halogenated alkanes) is 1. The molecule has 110 valence electrons. The van der Waals surface area contributed by atoms with Gasteiger partial charge >= 0.3 is 12.0 Å². The Bertz CT molecular complexity index is 312. The van der Waals surface area contributed by atoms with Gasteiger partial charge in [-0.05, 0) is 31.3 Å². The molecule has 0 spiro atoms. The maximum atomic E-state index is 11.4. The number of nitrogens with one attached hydrogen (secondary N) is 2. The maximum absolute atomic E-state index is 11.4. The molecule has 0 aliphatic heterocycles. The first-order valence-electron chi connectivity index (χ1n) is 6.01. The maximum Gasteiger partial charge on any atom is 0.326 e. The molecule has 0 radical (unpaired) electrons. The molecule has 0 saturated heterocycles. The monoisotopic (exact) mass is 291 g/mol. The predicted molar refractivity (Wildman–Crippen MR) is 74.0 cm³/mol. The smallest absolute Gasteiger partial charge is 0.326 e. The predicted octanol–water partition coefficient (Wildman–Crippen LogP) is 0.148. The first-order valence-corrected chi connectivity index (χ1v) is 7.41. The van der Waals surface area contributed by atoms with Crippen molar-refractivity contribution in [3.63, 3.8) is 0 Å². The zero-order valence-corrected chi connectivity index (χ0v) is 11.8. The molecule has 0 unspecified atom stereocenters. The number of carbonyl (C=O) groups excluding carboxylic acids is 2. The third-order valence-electron chi connectivity index (χ3n) is 2.34. The Labute approximate surface area is 116 Å². The molecule has 0 fully saturated rings. The van der Waals surface area contributed by atoms with E-state index in [-0.39, 0.29) is 12.8 Å². The fourth-order valence-electron chi connectivity index (χ4n) is 1.33. The zero-order valence-electron chi connectivity index (χ0n) is 11.0. The van der Waals surface area contributed by atoms with Gasteiger partial charge in [0.1, 0.15) is 6.04 Å². The average Bonchev–Trinajstić information content (AvgIpc) is 2.33. The van der Waals surface area contributed by atoms with Crippen LogP contribution in [-0.2, 0) is 9.59 Å². The van der Waals surface area contributed by atoms with Crippen molar-refractivity contribution in [2.24, 2.45) is 5.73 Å². The summed E-state index contributed by atoms with van der Waals surface area (Å²) >= 11 is 1.73. The Balaban J connectivity index is 3.90. The Kier molecular flexibility index (Phi) is 9.69. The lowest BCUT2D eigenvalue weighted by atomic mass is 10.1. The van der Waals surface area contributed by atoms with E-state index in [4.69, 9.17) is 10.8 Å². The van der Waals surface area contributed by atoms with E-state index in [0.29, 0.717) is 6.54 Å². The lowest BCUT2D eigenvalue weighted by Gasteiger charge is -2.14. The van der Waals surface area contributed by atoms with Crippen molar-refractivity contribution < 1.29 is 19.5 Å². The summed E-state index contributed by atoms with van der Waals surface area (Å²) in [5.74, 6) is -0.746. The van der Waals surface area contributed by atoms with Crippen LogP contribution in [-0.4, -0.2) is 47.6 Å². The van der Waals surface area contributed by atoms with Crippen LogP contribution in [0.4, 0.5) is 4.79 Å². The van der Waals surface area contributed by atoms with E-state index in [1.165, 1.54) is 0 Å². The number of aliphatic carboxylic acids is 1. The van der Waals surface area contributed by atoms with Gasteiger partial charge in [-0.25, -0.2) is 9.59 Å². The third kappa shape index (κ3) is 10.2. The summed E-state index contributed by atoms with van der Waals surface area (Å²) in [6.07, 6.45) is 3.75. The minimum absolute atomic E-state index is 0.00936. The van der Waals surface area contributed by atoms with Crippen LogP contribution in [0.1, 0.15) is 25.7 Å². The second kappa shape index (κ2) is 10.5. The summed E-state index contributed by atoms with van der Waals surface area (Å²) in [6.45, 7) is 0.495. The molecule has 7 nitrogen and oxygen atoms in total. The standard InChI is InChI=1S/C11H21N3O4S/c1-19-7-3-2-6-13-11(18)14-8(10(16)17)4-5-9(12)15/h8H,2-7H2,1H3,(H2,12,15)(H,16,17)(H2,13,14,18)/t8-/m1/s1. The minimum atomic E-state index is -1.18. The molecular formula is C11H21N3O4S. The lowest BCUT2D eigenvalue weighted by molar-refractivity contribution is -0.139. The third-order valence-corrected chi connectivity index (χ3v) is 3.04. The molecule has 0 saturated carbocycles. The summed E-state index contributed by atoms with van der Waals surface area (Å²) in [6, 6.07) is -1.64. The number of carbonyl (C=O) groups is 3. The first kappa shape index (κ1) is 17.6. The normalized spacial score (nSPS) is 11.6. The van der Waals surface area contributed by atoms with Gasteiger partial charge in [-0.2, -0.15) is 11.8 Å². The van der Waals surface area contributed by atoms with Gasteiger partial charge < -0.3 is 21.5 Å². The molecule has 0 heterocycles. The molecule has 8 heteroatoms. The summed E-state index contributed by atoms with van der Waals surface area (Å²) in [4.78, 5) is 32.9. The minimum Gasteiger partial charge on any atom is -0.480 e. The molecule has 0 aromatic carbocycles. The lowest BCUT2D eigenvalue weighted by Crippen LogP contribution is -2.46. The highest BCUT2D eigenvalue weighted by atomic mass is 32.2. The molecule has 0 aromatic rings. The summed E-state index contributed by atoms with van der Waals surface area (Å²) in [5.41, 5.74) is 4.94. The molecule has 5 N–H and O–H groups in total. The highest BCUT2D eigenvalue weighted by Gasteiger charge is 2.20. The van der Waals surface area contributed by atoms with Crippen LogP contribution >= 0.6 is 11.8 Å². The van der Waals surface area contributed by atoms with Gasteiger partial charge in [0.2, 0.25) is 5.91 Å². The zero-order chi connectivity index (χ0) is 14.7. The molecule has 0 aromatic heterocycles. The number of nitrogens with two attached hydrogens (primary N) is 1. The number of hydrogen-bond donors (Lipinski definition) is 4. The number of carboxylic acids is 1. The number of rotatable bonds is 10. The Morgan fingerprint density at radius 3 is 2.53 bits per heavy atom. The Hall–Kier alpha value is -1.44. The van der Waals surface area contributed by atoms with Crippen LogP contribution in [0.15, 0.2) is 0 Å². The van der Waals surface area contributed by atoms with Crippen molar-refractivity contribution in [2.45, 2.75) is 31.7 Å². The first-order chi connectivity index (χ1) is 8.97. The molecular weight excluding hydrogens is 270 g/mol. The van der Waals surface area contributed by atoms with E-state index in [1.54, 1.807) is 11.8 Å². The van der Waals surface area contributed by atoms with Crippen LogP contribution in [0.3, 0.4) is 0 Å². The van der Waals surface area contributed by atoms with Gasteiger partial charge in [0, 0.05) is 13.0 Å². The highest BCUT2D eigenvalue weighted by molar-refractivity contribution is 7.98. The van der Waals surface area contributed by atoms with E-state index < -0.39 is 23.9 Å². The summed E-state index contributed by atoms with van der Waals surface area (Å²) in [7, 11) is 0. The second-order valence-corrected chi connectivity index (χ2v) is 4.98. The number of thioether (sulfide) groups is 1. The van der Waals surface area contributed by atoms with Crippen molar-refractivity contribution in [2.75, 3.05) is 18.6 Å². The van der Waals surface area contributed by atoms with Gasteiger partial charge in [0.05, 0.1) is 0 Å². The van der Waals surface area contributed by atoms with Crippen LogP contribution in [0.5, 0.6) is 0 Å². The molecule has 0 rings (SSSR count). The topological polar surface area (TPSA) is 122 Å². The number of primary amides is 1. The molecule has 0 aliphatic carbocycles. The van der Waals surface area contributed by atoms with Crippen molar-refractivity contribution >= 4 is 29.7 Å². The largest absolute Gasteiger partial charge is 0.480 e. The quantitative estimate of drug-likeness (QED) is 0.427. The van der Waals surface area contributed by atoms with Crippen molar-refractivity contribution in [1.82, 2.24) is 10.6 Å². The highest BCUT2D eigenvalue weighted by Crippen LogP contribution is 1.99. The van der Waals surface area contributed by atoms with E-state index in [1.807, 2.05) is 6.26 Å². The second-order valence-electron chi connectivity index (χ2n) is 4.00. The van der Waals surface area contributed by atoms with E-state index >= 15 is 0 Å². The van der Waals surface area contributed by atoms with E-state index in [0.717, 1.165) is 18.6 Å². The van der Waals surface area contributed by atoms with Gasteiger partial charge in [-0.1, -0.05) is 0 Å². The molecule has 19 heavy (non-hydrogen) atoms. The molecule has 0 bridgehead atoms. The van der Waals surface area contributed by atoms with E-state index in [2.05, 4.69) is 10.6 Å². The van der Waals surface area contributed by atoms with Gasteiger partial charge in [-0.15, -0.1) is 0 Å². The van der Waals surface area contributed by atoms with E-state index in [9.17, 15) is 14.4 Å². The number of urea groups is 1. The van der Waals surface area contributed by atoms with Crippen molar-refractivity contribution in [3.8, 4) is 0 Å². The summed E-state index contributed by atoms with van der Waals surface area (Å²) < 4.78 is 0. The average molecular weight is 291 g/mol. The summed E-state index contributed by atoms with van der Waals surface area (Å²) in [5, 5.41) is 13.8. The number of hydrogen-bond acceptors (Lipinski definition) is 4. The van der Waals surface area contributed by atoms with Crippen molar-refractivity contribution in [1.29, 1.82) is 0 Å². The van der Waals surface area contributed by atoms with Crippen LogP contribution in [0, 0.1) is 0 Å². The van der Waals surface area contributed by atoms with Gasteiger partial charge in [-0.3, -0.25) is 4.79 Å². The molecule has 1 atom stereocenters. The van der Waals surface area contributed by atoms with Crippen molar-refractivity contribution in [3.05, 3.63) is 0 Å². The molecule has 3 amide bonds. The fraction of sp³-hybridized carbons (Fsp3) is 0.727. The van der Waals surface area contributed by atoms with Crippen LogP contribution in [0.2, 0.25) is 0 Å². The Morgan fingerprint density at radius 2 is 2.00 bits per heavy atom. The van der Waals surface area contributed by atoms with Gasteiger partial charge in [0.15, 0.2) is 0 Å². The number of amides is 3. The van der Waals surface area contributed by atoms with Gasteiger partial charge in [0.25, 0.3) is 0 Å². The molecule has 0 aliphatic rings. The number of carboxylic acid groups (broad SMARTS) is 1. The van der Waals surface area contributed by atoms with Crippen LogP contribution < -0.4 is 16.4 Å².